The third-order valence-electron chi connectivity index (χ3n) is 4.40. The van der Waals surface area contributed by atoms with Crippen LogP contribution in [0.5, 0.6) is 0 Å². The average Bonchev–Trinajstić information content (AvgIpc) is 3.05. The van der Waals surface area contributed by atoms with E-state index in [0.29, 0.717) is 31.6 Å². The van der Waals surface area contributed by atoms with E-state index in [1.807, 2.05) is 13.0 Å². The lowest BCUT2D eigenvalue weighted by Crippen LogP contribution is -2.45. The number of aromatic nitrogens is 1. The number of sulfonamides is 1. The highest BCUT2D eigenvalue weighted by molar-refractivity contribution is 7.89. The minimum Gasteiger partial charge on any atom is -0.383 e. The number of pyridine rings is 1. The Morgan fingerprint density at radius 1 is 1.32 bits per heavy atom. The van der Waals surface area contributed by atoms with Gasteiger partial charge in [0.25, 0.3) is 5.91 Å². The molecule has 1 aliphatic heterocycles. The minimum atomic E-state index is -3.94. The second kappa shape index (κ2) is 6.49. The number of amides is 1. The molecule has 0 unspecified atom stereocenters. The van der Waals surface area contributed by atoms with Gasteiger partial charge < -0.3 is 10.0 Å². The van der Waals surface area contributed by atoms with E-state index in [1.165, 1.54) is 11.4 Å². The summed E-state index contributed by atoms with van der Waals surface area (Å²) in [6, 6.07) is 5.02. The van der Waals surface area contributed by atoms with E-state index in [-0.39, 0.29) is 15.7 Å². The normalized spacial score (nSPS) is 17.5. The molecule has 0 radical (unpaired) electrons. The molecule has 3 rings (SSSR count). The molecular weight excluding hydrogens is 362 g/mol. The van der Waals surface area contributed by atoms with Crippen LogP contribution in [0.1, 0.15) is 33.8 Å². The van der Waals surface area contributed by atoms with Crippen molar-refractivity contribution in [3.63, 3.8) is 0 Å². The lowest BCUT2D eigenvalue weighted by atomic mass is 9.87. The molecule has 1 fully saturated rings. The highest BCUT2D eigenvalue weighted by atomic mass is 32.2. The summed E-state index contributed by atoms with van der Waals surface area (Å²) in [7, 11) is -3.94. The second-order valence-electron chi connectivity index (χ2n) is 6.20. The number of rotatable bonds is 3. The summed E-state index contributed by atoms with van der Waals surface area (Å²) in [6.45, 7) is 2.55. The predicted octanol–water partition coefficient (Wildman–Crippen LogP) is 1.22. The highest BCUT2D eigenvalue weighted by Gasteiger charge is 2.37. The van der Waals surface area contributed by atoms with Gasteiger partial charge in [0.05, 0.1) is 5.69 Å². The molecule has 134 valence electrons. The van der Waals surface area contributed by atoms with Crippen LogP contribution in [0.2, 0.25) is 0 Å². The molecule has 1 amide bonds. The number of carbonyl (C=O) groups is 1. The van der Waals surface area contributed by atoms with Gasteiger partial charge in [0.2, 0.25) is 10.0 Å². The molecule has 1 saturated heterocycles. The van der Waals surface area contributed by atoms with Crippen LogP contribution in [-0.2, 0) is 15.6 Å². The van der Waals surface area contributed by atoms with Gasteiger partial charge in [-0.15, -0.1) is 11.3 Å². The van der Waals surface area contributed by atoms with E-state index in [0.717, 1.165) is 16.9 Å². The third-order valence-corrected chi connectivity index (χ3v) is 6.38. The number of aliphatic hydroxyl groups is 1. The smallest absolute Gasteiger partial charge is 0.265 e. The second-order valence-corrected chi connectivity index (χ2v) is 8.65. The van der Waals surface area contributed by atoms with Crippen LogP contribution in [0, 0.1) is 6.92 Å². The largest absolute Gasteiger partial charge is 0.383 e. The first-order valence-corrected chi connectivity index (χ1v) is 10.2. The summed E-state index contributed by atoms with van der Waals surface area (Å²) in [6.07, 6.45) is 2.38. The Labute approximate surface area is 150 Å². The van der Waals surface area contributed by atoms with E-state index in [4.69, 9.17) is 5.14 Å². The van der Waals surface area contributed by atoms with Crippen LogP contribution < -0.4 is 5.14 Å². The van der Waals surface area contributed by atoms with Gasteiger partial charge in [-0.25, -0.2) is 13.6 Å². The molecular formula is C16H19N3O4S2. The standard InChI is InChI=1S/C16H19N3O4S2/c1-11-2-3-13(18-10-11)16(21)5-7-19(8-6-16)15(20)14-12(4-9-24-14)25(17,22)23/h2-4,9-10,21H,5-8H2,1H3,(H2,17,22,23). The van der Waals surface area contributed by atoms with Crippen molar-refractivity contribution in [1.82, 2.24) is 9.88 Å². The van der Waals surface area contributed by atoms with Gasteiger partial charge in [-0.1, -0.05) is 6.07 Å². The van der Waals surface area contributed by atoms with Gasteiger partial charge in [-0.2, -0.15) is 0 Å². The fourth-order valence-electron chi connectivity index (χ4n) is 2.90. The Hall–Kier alpha value is -1.81. The van der Waals surface area contributed by atoms with Crippen molar-refractivity contribution >= 4 is 27.3 Å². The molecule has 0 spiro atoms. The van der Waals surface area contributed by atoms with Crippen LogP contribution in [0.4, 0.5) is 0 Å². The predicted molar refractivity (Wildman–Crippen MR) is 93.7 cm³/mol. The molecule has 2 aromatic rings. The number of nitrogens with zero attached hydrogens (tertiary/aromatic N) is 2. The highest BCUT2D eigenvalue weighted by Crippen LogP contribution is 2.33. The van der Waals surface area contributed by atoms with E-state index in [1.54, 1.807) is 17.2 Å². The molecule has 2 aromatic heterocycles. The Balaban J connectivity index is 1.75. The van der Waals surface area contributed by atoms with Gasteiger partial charge in [-0.05, 0) is 42.8 Å². The van der Waals surface area contributed by atoms with E-state index >= 15 is 0 Å². The molecule has 0 saturated carbocycles. The molecule has 0 aliphatic carbocycles. The number of likely N-dealkylation sites (tertiary alicyclic amines) is 1. The summed E-state index contributed by atoms with van der Waals surface area (Å²) in [4.78, 5) is 18.4. The quantitative estimate of drug-likeness (QED) is 0.830. The molecule has 7 nitrogen and oxygen atoms in total. The number of hydrogen-bond acceptors (Lipinski definition) is 6. The number of carbonyl (C=O) groups excluding carboxylic acids is 1. The molecule has 0 aromatic carbocycles. The first kappa shape index (κ1) is 18.0. The molecule has 1 aliphatic rings. The summed E-state index contributed by atoms with van der Waals surface area (Å²) >= 11 is 1.05. The van der Waals surface area contributed by atoms with Crippen molar-refractivity contribution in [2.45, 2.75) is 30.3 Å². The number of piperidine rings is 1. The monoisotopic (exact) mass is 381 g/mol. The van der Waals surface area contributed by atoms with E-state index in [9.17, 15) is 18.3 Å². The summed E-state index contributed by atoms with van der Waals surface area (Å²) in [5.74, 6) is -0.377. The summed E-state index contributed by atoms with van der Waals surface area (Å²) in [5.41, 5.74) is 0.516. The van der Waals surface area contributed by atoms with Crippen molar-refractivity contribution in [2.75, 3.05) is 13.1 Å². The molecule has 3 N–H and O–H groups in total. The topological polar surface area (TPSA) is 114 Å². The van der Waals surface area contributed by atoms with Gasteiger partial charge in [0.15, 0.2) is 0 Å². The van der Waals surface area contributed by atoms with Crippen LogP contribution in [0.3, 0.4) is 0 Å². The number of primary sulfonamides is 1. The van der Waals surface area contributed by atoms with Crippen molar-refractivity contribution in [2.24, 2.45) is 5.14 Å². The van der Waals surface area contributed by atoms with Crippen LogP contribution in [0.25, 0.3) is 0 Å². The first-order valence-electron chi connectivity index (χ1n) is 7.76. The Kier molecular flexibility index (Phi) is 4.67. The molecule has 0 bridgehead atoms. The Morgan fingerprint density at radius 2 is 2.00 bits per heavy atom. The zero-order valence-electron chi connectivity index (χ0n) is 13.7. The van der Waals surface area contributed by atoms with Gasteiger partial charge in [0, 0.05) is 19.3 Å². The SMILES string of the molecule is Cc1ccc(C2(O)CCN(C(=O)c3sccc3S(N)(=O)=O)CC2)nc1. The van der Waals surface area contributed by atoms with Crippen LogP contribution >= 0.6 is 11.3 Å². The fourth-order valence-corrected chi connectivity index (χ4v) is 4.84. The molecule has 9 heteroatoms. The molecule has 0 atom stereocenters. The summed E-state index contributed by atoms with van der Waals surface area (Å²) < 4.78 is 23.2. The van der Waals surface area contributed by atoms with Crippen molar-refractivity contribution in [3.05, 3.63) is 45.9 Å². The van der Waals surface area contributed by atoms with Crippen LogP contribution in [0.15, 0.2) is 34.7 Å². The summed E-state index contributed by atoms with van der Waals surface area (Å²) in [5, 5.41) is 17.5. The lowest BCUT2D eigenvalue weighted by Gasteiger charge is -2.37. The zero-order chi connectivity index (χ0) is 18.2. The van der Waals surface area contributed by atoms with Crippen LogP contribution in [-0.4, -0.2) is 42.4 Å². The number of aryl methyl sites for hydroxylation is 1. The Bertz CT molecular complexity index is 882. The Morgan fingerprint density at radius 3 is 2.56 bits per heavy atom. The first-order chi connectivity index (χ1) is 11.7. The van der Waals surface area contributed by atoms with Crippen molar-refractivity contribution in [3.8, 4) is 0 Å². The van der Waals surface area contributed by atoms with E-state index < -0.39 is 15.6 Å². The van der Waals surface area contributed by atoms with Gasteiger partial charge >= 0.3 is 0 Å². The van der Waals surface area contributed by atoms with Gasteiger partial charge in [0.1, 0.15) is 15.4 Å². The minimum absolute atomic E-state index is 0.112. The maximum absolute atomic E-state index is 12.6. The molecule has 3 heterocycles. The van der Waals surface area contributed by atoms with Crippen molar-refractivity contribution < 1.29 is 18.3 Å². The zero-order valence-corrected chi connectivity index (χ0v) is 15.3. The number of thiophene rings is 1. The fraction of sp³-hybridized carbons (Fsp3) is 0.375. The maximum Gasteiger partial charge on any atom is 0.265 e. The number of nitrogens with two attached hydrogens (primary N) is 1. The van der Waals surface area contributed by atoms with Crippen molar-refractivity contribution in [1.29, 1.82) is 0 Å². The number of hydrogen-bond donors (Lipinski definition) is 2. The van der Waals surface area contributed by atoms with Gasteiger partial charge in [-0.3, -0.25) is 9.78 Å². The molecule has 25 heavy (non-hydrogen) atoms. The van der Waals surface area contributed by atoms with E-state index in [2.05, 4.69) is 4.98 Å². The maximum atomic E-state index is 12.6. The lowest BCUT2D eigenvalue weighted by molar-refractivity contribution is -0.0243. The average molecular weight is 381 g/mol. The third kappa shape index (κ3) is 3.59.